The van der Waals surface area contributed by atoms with Gasteiger partial charge in [0.2, 0.25) is 5.91 Å². The number of aliphatic imine (C=N–C) groups is 1. The molecule has 1 aliphatic heterocycles. The van der Waals surface area contributed by atoms with Gasteiger partial charge in [-0.2, -0.15) is 0 Å². The minimum atomic E-state index is -0.892. The predicted octanol–water partition coefficient (Wildman–Crippen LogP) is 2.36. The second-order valence-electron chi connectivity index (χ2n) is 9.90. The van der Waals surface area contributed by atoms with Crippen LogP contribution in [0.3, 0.4) is 0 Å². The Morgan fingerprint density at radius 2 is 1.87 bits per heavy atom. The van der Waals surface area contributed by atoms with Crippen LogP contribution in [0.25, 0.3) is 0 Å². The van der Waals surface area contributed by atoms with E-state index in [0.717, 1.165) is 38.5 Å². The maximum absolute atomic E-state index is 13.5. The summed E-state index contributed by atoms with van der Waals surface area (Å²) in [7, 11) is -0.892. The van der Waals surface area contributed by atoms with Crippen molar-refractivity contribution in [2.24, 2.45) is 22.7 Å². The molecule has 3 aliphatic rings. The van der Waals surface area contributed by atoms with Crippen molar-refractivity contribution in [2.75, 3.05) is 12.8 Å². The van der Waals surface area contributed by atoms with Gasteiger partial charge in [0.25, 0.3) is 0 Å². The lowest BCUT2D eigenvalue weighted by molar-refractivity contribution is -0.124. The molecule has 5 atom stereocenters. The van der Waals surface area contributed by atoms with Crippen LogP contribution in [0.2, 0.25) is 0 Å². The molecule has 3 fully saturated rings. The van der Waals surface area contributed by atoms with Gasteiger partial charge in [-0.25, -0.2) is 9.82 Å². The van der Waals surface area contributed by atoms with Gasteiger partial charge in [-0.05, 0) is 63.2 Å². The molecule has 0 radical (unpaired) electrons. The molecule has 3 rings (SSSR count). The lowest BCUT2D eigenvalue weighted by Crippen LogP contribution is -2.52. The smallest absolute Gasteiger partial charge is 0.229 e. The second-order valence-corrected chi connectivity index (χ2v) is 11.6. The number of rotatable bonds is 6. The Labute approximate surface area is 188 Å². The number of guanidine groups is 1. The van der Waals surface area contributed by atoms with Gasteiger partial charge in [0.1, 0.15) is 6.17 Å². The highest BCUT2D eigenvalue weighted by Gasteiger charge is 2.34. The normalized spacial score (nSPS) is 35.7. The summed E-state index contributed by atoms with van der Waals surface area (Å²) in [6.07, 6.45) is 8.43. The van der Waals surface area contributed by atoms with Crippen molar-refractivity contribution in [2.45, 2.75) is 95.3 Å². The van der Waals surface area contributed by atoms with E-state index < -0.39 is 17.0 Å². The van der Waals surface area contributed by atoms with Crippen LogP contribution in [0, 0.1) is 17.8 Å². The summed E-state index contributed by atoms with van der Waals surface area (Å²) in [5.41, 5.74) is 6.64. The summed E-state index contributed by atoms with van der Waals surface area (Å²) in [6, 6.07) is 0.297. The van der Waals surface area contributed by atoms with E-state index in [2.05, 4.69) is 40.3 Å². The standard InChI is InChI=1S/C22H40FN5O2S/c1-14(2)13-24-22(26-21(29)16-5-4-6-18(11-16)31(3)30)25-20-12-19(27-28-20)15-7-9-17(23)10-8-15/h14-20,27-28H,4-13H2,1-3H3,(H2,24,25,26,29). The van der Waals surface area contributed by atoms with E-state index in [9.17, 15) is 13.4 Å². The van der Waals surface area contributed by atoms with Gasteiger partial charge in [0.05, 0.1) is 6.17 Å². The van der Waals surface area contributed by atoms with Gasteiger partial charge in [-0.15, -0.1) is 0 Å². The quantitative estimate of drug-likeness (QED) is 0.363. The number of halogens is 1. The largest absolute Gasteiger partial charge is 0.339 e. The molecule has 0 aromatic carbocycles. The molecular weight excluding hydrogens is 417 g/mol. The number of hydrazine groups is 1. The van der Waals surface area contributed by atoms with Crippen LogP contribution in [0.5, 0.6) is 0 Å². The SMILES string of the molecule is CC(C)CN=C(NC(=O)C1CCCC(S(C)=O)C1)NC1CC(C2CCC(F)CC2)NN1. The zero-order valence-electron chi connectivity index (χ0n) is 19.2. The number of nitrogens with one attached hydrogen (secondary N) is 4. The minimum Gasteiger partial charge on any atom is -0.339 e. The van der Waals surface area contributed by atoms with Gasteiger partial charge in [-0.1, -0.05) is 20.3 Å². The summed E-state index contributed by atoms with van der Waals surface area (Å²) in [4.78, 5) is 17.6. The molecule has 5 unspecified atom stereocenters. The predicted molar refractivity (Wildman–Crippen MR) is 124 cm³/mol. The number of carbonyl (C=O) groups is 1. The number of alkyl halides is 1. The van der Waals surface area contributed by atoms with Crippen LogP contribution in [0.1, 0.15) is 71.6 Å². The summed E-state index contributed by atoms with van der Waals surface area (Å²) in [5, 5.41) is 6.48. The molecule has 7 nitrogen and oxygen atoms in total. The molecule has 9 heteroatoms. The zero-order valence-corrected chi connectivity index (χ0v) is 20.0. The first kappa shape index (κ1) is 24.6. The molecule has 1 heterocycles. The molecule has 2 aliphatic carbocycles. The van der Waals surface area contributed by atoms with Crippen LogP contribution in [-0.2, 0) is 15.6 Å². The fraction of sp³-hybridized carbons (Fsp3) is 0.909. The first-order valence-corrected chi connectivity index (χ1v) is 13.5. The molecule has 31 heavy (non-hydrogen) atoms. The average molecular weight is 458 g/mol. The first-order valence-electron chi connectivity index (χ1n) is 11.9. The summed E-state index contributed by atoms with van der Waals surface area (Å²) < 4.78 is 25.3. The molecule has 0 aromatic heterocycles. The van der Waals surface area contributed by atoms with Crippen molar-refractivity contribution >= 4 is 22.7 Å². The molecule has 1 saturated heterocycles. The van der Waals surface area contributed by atoms with Crippen LogP contribution in [0.15, 0.2) is 4.99 Å². The molecule has 178 valence electrons. The van der Waals surface area contributed by atoms with Crippen LogP contribution in [0.4, 0.5) is 4.39 Å². The summed E-state index contributed by atoms with van der Waals surface area (Å²) >= 11 is 0. The van der Waals surface area contributed by atoms with Crippen molar-refractivity contribution < 1.29 is 13.4 Å². The van der Waals surface area contributed by atoms with Crippen LogP contribution in [-0.4, -0.2) is 52.5 Å². The highest BCUT2D eigenvalue weighted by Crippen LogP contribution is 2.31. The van der Waals surface area contributed by atoms with E-state index in [0.29, 0.717) is 49.6 Å². The molecule has 2 saturated carbocycles. The van der Waals surface area contributed by atoms with Gasteiger partial charge in [-0.3, -0.25) is 24.7 Å². The molecular formula is C22H40FN5O2S. The van der Waals surface area contributed by atoms with Gasteiger partial charge >= 0.3 is 0 Å². The maximum atomic E-state index is 13.5. The second kappa shape index (κ2) is 11.7. The Balaban J connectivity index is 1.55. The highest BCUT2D eigenvalue weighted by molar-refractivity contribution is 7.84. The van der Waals surface area contributed by atoms with Crippen molar-refractivity contribution in [3.05, 3.63) is 0 Å². The monoisotopic (exact) mass is 457 g/mol. The van der Waals surface area contributed by atoms with E-state index in [-0.39, 0.29) is 23.2 Å². The Morgan fingerprint density at radius 1 is 1.13 bits per heavy atom. The van der Waals surface area contributed by atoms with Crippen molar-refractivity contribution in [3.63, 3.8) is 0 Å². The number of carbonyl (C=O) groups excluding carboxylic acids is 1. The van der Waals surface area contributed by atoms with E-state index >= 15 is 0 Å². The van der Waals surface area contributed by atoms with E-state index in [1.54, 1.807) is 6.26 Å². The van der Waals surface area contributed by atoms with E-state index in [1.165, 1.54) is 0 Å². The number of hydrogen-bond acceptors (Lipinski definition) is 5. The third kappa shape index (κ3) is 7.49. The van der Waals surface area contributed by atoms with Crippen molar-refractivity contribution in [3.8, 4) is 0 Å². The fourth-order valence-corrected chi connectivity index (χ4v) is 5.93. The fourth-order valence-electron chi connectivity index (χ4n) is 4.93. The number of amides is 1. The zero-order chi connectivity index (χ0) is 22.4. The lowest BCUT2D eigenvalue weighted by atomic mass is 9.82. The summed E-state index contributed by atoms with van der Waals surface area (Å²) in [5.74, 6) is 1.21. The minimum absolute atomic E-state index is 0.0334. The first-order chi connectivity index (χ1) is 14.8. The third-order valence-electron chi connectivity index (χ3n) is 6.84. The van der Waals surface area contributed by atoms with Crippen LogP contribution < -0.4 is 21.5 Å². The van der Waals surface area contributed by atoms with E-state index in [1.807, 2.05) is 0 Å². The lowest BCUT2D eigenvalue weighted by Gasteiger charge is -2.28. The van der Waals surface area contributed by atoms with Crippen molar-refractivity contribution in [1.29, 1.82) is 0 Å². The average Bonchev–Trinajstić information content (AvgIpc) is 3.21. The van der Waals surface area contributed by atoms with Gasteiger partial charge < -0.3 is 5.32 Å². The Kier molecular flexibility index (Phi) is 9.28. The van der Waals surface area contributed by atoms with Gasteiger partial charge in [0, 0.05) is 40.8 Å². The Hall–Kier alpha value is -1.06. The highest BCUT2D eigenvalue weighted by atomic mass is 32.2. The third-order valence-corrected chi connectivity index (χ3v) is 8.20. The summed E-state index contributed by atoms with van der Waals surface area (Å²) in [6.45, 7) is 4.81. The van der Waals surface area contributed by atoms with Crippen LogP contribution >= 0.6 is 0 Å². The number of nitrogens with zero attached hydrogens (tertiary/aromatic N) is 1. The number of hydrogen-bond donors (Lipinski definition) is 4. The van der Waals surface area contributed by atoms with Gasteiger partial charge in [0.15, 0.2) is 5.96 Å². The maximum Gasteiger partial charge on any atom is 0.229 e. The Bertz CT molecular complexity index is 654. The Morgan fingerprint density at radius 3 is 2.55 bits per heavy atom. The van der Waals surface area contributed by atoms with E-state index in [4.69, 9.17) is 0 Å². The molecule has 1 amide bonds. The molecule has 0 bridgehead atoms. The molecule has 4 N–H and O–H groups in total. The molecule has 0 spiro atoms. The topological polar surface area (TPSA) is 94.6 Å². The molecule has 0 aromatic rings. The van der Waals surface area contributed by atoms with Crippen molar-refractivity contribution in [1.82, 2.24) is 21.5 Å².